The van der Waals surface area contributed by atoms with Crippen LogP contribution in [0.5, 0.6) is 0 Å². The van der Waals surface area contributed by atoms with E-state index < -0.39 is 63.9 Å². The molecule has 0 aliphatic carbocycles. The first-order valence-corrected chi connectivity index (χ1v) is 17.6. The highest BCUT2D eigenvalue weighted by Crippen LogP contribution is 2.33. The molecule has 3 aromatic carbocycles. The van der Waals surface area contributed by atoms with Crippen molar-refractivity contribution in [2.45, 2.75) is 76.1 Å². The van der Waals surface area contributed by atoms with Gasteiger partial charge in [0.25, 0.3) is 0 Å². The van der Waals surface area contributed by atoms with Crippen molar-refractivity contribution >= 4 is 28.8 Å². The number of rotatable bonds is 13. The summed E-state index contributed by atoms with van der Waals surface area (Å²) in [6.07, 6.45) is 0.740. The van der Waals surface area contributed by atoms with E-state index in [1.165, 1.54) is 30.3 Å². The molecule has 1 aliphatic rings. The maximum Gasteiger partial charge on any atom is 0.410 e. The first kappa shape index (κ1) is 39.3. The van der Waals surface area contributed by atoms with Gasteiger partial charge in [-0.3, -0.25) is 4.79 Å². The molecule has 4 rings (SSSR count). The zero-order valence-corrected chi connectivity index (χ0v) is 29.1. The van der Waals surface area contributed by atoms with E-state index >= 15 is 4.39 Å². The molecule has 1 heterocycles. The van der Waals surface area contributed by atoms with Gasteiger partial charge in [0.2, 0.25) is 5.91 Å². The normalized spacial score (nSPS) is 17.9. The number of azide groups is 1. The number of hydrogen-bond acceptors (Lipinski definition) is 6. The maximum atomic E-state index is 15.4. The molecule has 3 aromatic rings. The molecule has 0 aromatic heterocycles. The van der Waals surface area contributed by atoms with Gasteiger partial charge >= 0.3 is 6.09 Å². The van der Waals surface area contributed by atoms with Gasteiger partial charge in [-0.15, -0.1) is 0 Å². The minimum Gasteiger partial charge on any atom is -0.444 e. The van der Waals surface area contributed by atoms with Crippen LogP contribution >= 0.6 is 0 Å². The lowest BCUT2D eigenvalue weighted by atomic mass is 9.84. The van der Waals surface area contributed by atoms with E-state index in [9.17, 15) is 37.1 Å². The third-order valence-electron chi connectivity index (χ3n) is 8.34. The van der Waals surface area contributed by atoms with Crippen molar-refractivity contribution in [1.82, 2.24) is 10.2 Å². The van der Waals surface area contributed by atoms with Gasteiger partial charge in [-0.2, -0.15) is 0 Å². The Morgan fingerprint density at radius 3 is 2.37 bits per heavy atom. The molecule has 5 atom stereocenters. The second-order valence-electron chi connectivity index (χ2n) is 13.2. The number of amides is 2. The minimum absolute atomic E-state index is 0.0491. The van der Waals surface area contributed by atoms with Crippen LogP contribution in [0, 0.1) is 23.3 Å². The molecule has 3 unspecified atom stereocenters. The van der Waals surface area contributed by atoms with Crippen molar-refractivity contribution in [2.75, 3.05) is 24.2 Å². The number of hydrogen-bond donors (Lipinski definition) is 3. The summed E-state index contributed by atoms with van der Waals surface area (Å²) >= 11 is -1.97. The predicted octanol–water partition coefficient (Wildman–Crippen LogP) is 7.20. The lowest BCUT2D eigenvalue weighted by Gasteiger charge is -2.41. The fourth-order valence-corrected chi connectivity index (χ4v) is 6.48. The molecule has 0 bridgehead atoms. The van der Waals surface area contributed by atoms with Gasteiger partial charge in [0.15, 0.2) is 11.1 Å². The van der Waals surface area contributed by atoms with Crippen LogP contribution in [0.1, 0.15) is 62.6 Å². The summed E-state index contributed by atoms with van der Waals surface area (Å²) in [4.78, 5) is 31.4. The van der Waals surface area contributed by atoms with Gasteiger partial charge in [0, 0.05) is 59.1 Å². The summed E-state index contributed by atoms with van der Waals surface area (Å²) in [5, 5.41) is 9.65. The van der Waals surface area contributed by atoms with Crippen LogP contribution in [0.2, 0.25) is 0 Å². The van der Waals surface area contributed by atoms with Crippen LogP contribution in [0.15, 0.2) is 65.8 Å². The molecule has 11 nitrogen and oxygen atoms in total. The highest BCUT2D eigenvalue weighted by Gasteiger charge is 2.35. The number of nitrogens with one attached hydrogen (secondary N) is 2. The van der Waals surface area contributed by atoms with Crippen LogP contribution in [-0.4, -0.2) is 68.2 Å². The fourth-order valence-electron chi connectivity index (χ4n) is 6.06. The zero-order chi connectivity index (χ0) is 37.3. The van der Waals surface area contributed by atoms with E-state index in [0.29, 0.717) is 31.9 Å². The Bertz CT molecular complexity index is 1750. The number of piperazine rings is 1. The summed E-state index contributed by atoms with van der Waals surface area (Å²) in [5.74, 6) is -5.22. The third-order valence-corrected chi connectivity index (χ3v) is 8.98. The van der Waals surface area contributed by atoms with Gasteiger partial charge in [0.1, 0.15) is 34.9 Å². The Morgan fingerprint density at radius 2 is 1.75 bits per heavy atom. The first-order valence-electron chi connectivity index (χ1n) is 16.3. The van der Waals surface area contributed by atoms with Crippen LogP contribution < -0.4 is 10.6 Å². The quantitative estimate of drug-likeness (QED) is 0.0555. The number of carbonyl (C=O) groups is 2. The molecular formula is C35H40F4N6O5S. The van der Waals surface area contributed by atoms with Crippen molar-refractivity contribution in [3.8, 4) is 0 Å². The lowest BCUT2D eigenvalue weighted by Crippen LogP contribution is -2.59. The van der Waals surface area contributed by atoms with Crippen molar-refractivity contribution in [3.63, 3.8) is 0 Å². The van der Waals surface area contributed by atoms with Gasteiger partial charge in [0.05, 0.1) is 0 Å². The van der Waals surface area contributed by atoms with E-state index in [2.05, 4.69) is 20.7 Å². The molecule has 0 saturated carbocycles. The second-order valence-corrected chi connectivity index (χ2v) is 14.3. The van der Waals surface area contributed by atoms with Gasteiger partial charge in [-0.05, 0) is 99.5 Å². The van der Waals surface area contributed by atoms with E-state index in [-0.39, 0.29) is 53.2 Å². The van der Waals surface area contributed by atoms with Crippen LogP contribution in [-0.2, 0) is 27.0 Å². The van der Waals surface area contributed by atoms with Gasteiger partial charge < -0.3 is 24.8 Å². The number of ether oxygens (including phenoxy) is 1. The van der Waals surface area contributed by atoms with E-state index in [4.69, 9.17) is 4.74 Å². The molecule has 0 spiro atoms. The SMILES string of the molecule is CC(C)(C)OC(=O)N1CC(CCc2c(F)cccc2NC(=O)[C@@H](N=[N+]=[N-])[C@@H](c2ccc(F)cc2)c2cc(F)cc(F)c2)NCC1CCCS(=O)O. The highest BCUT2D eigenvalue weighted by atomic mass is 32.2. The maximum absolute atomic E-state index is 15.4. The van der Waals surface area contributed by atoms with Crippen LogP contribution in [0.4, 0.5) is 28.0 Å². The number of anilines is 1. The number of halogens is 4. The smallest absolute Gasteiger partial charge is 0.410 e. The Kier molecular flexibility index (Phi) is 13.6. The van der Waals surface area contributed by atoms with E-state index in [1.54, 1.807) is 25.7 Å². The van der Waals surface area contributed by atoms with E-state index in [1.807, 2.05) is 0 Å². The number of nitrogens with zero attached hydrogens (tertiary/aromatic N) is 4. The molecule has 274 valence electrons. The molecule has 1 aliphatic heterocycles. The Labute approximate surface area is 295 Å². The summed E-state index contributed by atoms with van der Waals surface area (Å²) in [6.45, 7) is 5.80. The largest absolute Gasteiger partial charge is 0.444 e. The first-order chi connectivity index (χ1) is 24.1. The highest BCUT2D eigenvalue weighted by molar-refractivity contribution is 7.79. The monoisotopic (exact) mass is 732 g/mol. The predicted molar refractivity (Wildman–Crippen MR) is 184 cm³/mol. The summed E-state index contributed by atoms with van der Waals surface area (Å²) in [5.41, 5.74) is 9.04. The fraction of sp³-hybridized carbons (Fsp3) is 0.429. The summed E-state index contributed by atoms with van der Waals surface area (Å²) in [7, 11) is 0. The summed E-state index contributed by atoms with van der Waals surface area (Å²) < 4.78 is 83.9. The molecule has 3 N–H and O–H groups in total. The Morgan fingerprint density at radius 1 is 1.06 bits per heavy atom. The van der Waals surface area contributed by atoms with Crippen molar-refractivity contribution in [3.05, 3.63) is 111 Å². The third kappa shape index (κ3) is 11.2. The number of benzene rings is 3. The van der Waals surface area contributed by atoms with Crippen LogP contribution in [0.3, 0.4) is 0 Å². The average Bonchev–Trinajstić information content (AvgIpc) is 3.04. The molecular weight excluding hydrogens is 692 g/mol. The Balaban J connectivity index is 1.56. The topological polar surface area (TPSA) is 157 Å². The molecule has 51 heavy (non-hydrogen) atoms. The van der Waals surface area contributed by atoms with E-state index in [0.717, 1.165) is 24.3 Å². The number of carbonyl (C=O) groups excluding carboxylic acids is 2. The minimum atomic E-state index is -1.97. The van der Waals surface area contributed by atoms with Crippen LogP contribution in [0.25, 0.3) is 10.4 Å². The van der Waals surface area contributed by atoms with Gasteiger partial charge in [-0.25, -0.2) is 26.6 Å². The average molecular weight is 733 g/mol. The standard InChI is InChI=1S/C35H40F4N6O5S/c1-35(2,3)50-34(47)45-20-26(41-19-27(45)6-5-15-51(48)49)13-14-28-29(39)7-4-8-30(28)42-33(46)32(43-44-40)31(21-9-11-23(36)12-10-21)22-16-24(37)18-25(38)17-22/h4,7-12,16-18,26-27,31-32,41H,5-6,13-15,19-20H2,1-3H3,(H,42,46)(H,48,49)/t26?,27?,31-,32-/m0/s1. The van der Waals surface area contributed by atoms with Crippen molar-refractivity contribution in [2.24, 2.45) is 5.11 Å². The zero-order valence-electron chi connectivity index (χ0n) is 28.3. The van der Waals surface area contributed by atoms with Gasteiger partial charge in [-0.1, -0.05) is 23.3 Å². The molecule has 1 saturated heterocycles. The molecule has 16 heteroatoms. The lowest BCUT2D eigenvalue weighted by molar-refractivity contribution is -0.117. The Hall–Kier alpha value is -4.50. The molecule has 2 amide bonds. The molecule has 0 radical (unpaired) electrons. The van der Waals surface area contributed by atoms with Crippen molar-refractivity contribution < 1.29 is 40.6 Å². The van der Waals surface area contributed by atoms with Crippen molar-refractivity contribution in [1.29, 1.82) is 0 Å². The summed E-state index contributed by atoms with van der Waals surface area (Å²) in [6, 6.07) is 9.20. The molecule has 1 fully saturated rings. The second kappa shape index (κ2) is 17.6.